The standard InChI is InChI=1S/C21H21N3O3S/c1-4-27-17-8-5-15(6-9-17)21-24-19(12-28-21)20(26)23-16-7-10-18(13(2)11-16)22-14(3)25/h5-12H,4H2,1-3H3,(H,22,25)(H,23,26). The molecule has 3 aromatic rings. The molecule has 3 rings (SSSR count). The molecular weight excluding hydrogens is 374 g/mol. The van der Waals surface area contributed by atoms with Crippen LogP contribution >= 0.6 is 11.3 Å². The molecule has 0 saturated carbocycles. The molecule has 0 aliphatic heterocycles. The molecule has 144 valence electrons. The normalized spacial score (nSPS) is 10.4. The Hall–Kier alpha value is -3.19. The first kappa shape index (κ1) is 19.6. The van der Waals surface area contributed by atoms with Crippen LogP contribution in [-0.2, 0) is 4.79 Å². The molecular formula is C21H21N3O3S. The zero-order valence-corrected chi connectivity index (χ0v) is 16.7. The molecule has 0 unspecified atom stereocenters. The number of aromatic nitrogens is 1. The quantitative estimate of drug-likeness (QED) is 0.632. The Morgan fingerprint density at radius 3 is 2.50 bits per heavy atom. The van der Waals surface area contributed by atoms with E-state index in [4.69, 9.17) is 4.74 Å². The largest absolute Gasteiger partial charge is 0.494 e. The third kappa shape index (κ3) is 4.75. The van der Waals surface area contributed by atoms with Crippen molar-refractivity contribution in [3.8, 4) is 16.3 Å². The first-order chi connectivity index (χ1) is 13.5. The molecule has 0 spiro atoms. The van der Waals surface area contributed by atoms with Crippen LogP contribution in [0.3, 0.4) is 0 Å². The van der Waals surface area contributed by atoms with Gasteiger partial charge in [0.1, 0.15) is 16.5 Å². The van der Waals surface area contributed by atoms with E-state index in [0.29, 0.717) is 18.0 Å². The number of anilines is 2. The Labute approximate surface area is 167 Å². The van der Waals surface area contributed by atoms with Gasteiger partial charge in [-0.3, -0.25) is 9.59 Å². The molecule has 0 aliphatic rings. The lowest BCUT2D eigenvalue weighted by atomic mass is 10.1. The summed E-state index contributed by atoms with van der Waals surface area (Å²) < 4.78 is 5.44. The molecule has 2 amide bonds. The number of ether oxygens (including phenoxy) is 1. The number of benzene rings is 2. The SMILES string of the molecule is CCOc1ccc(-c2nc(C(=O)Nc3ccc(NC(C)=O)c(C)c3)cs2)cc1. The van der Waals surface area contributed by atoms with Gasteiger partial charge < -0.3 is 15.4 Å². The van der Waals surface area contributed by atoms with Gasteiger partial charge in [-0.2, -0.15) is 0 Å². The van der Waals surface area contributed by atoms with Gasteiger partial charge in [0.2, 0.25) is 5.91 Å². The highest BCUT2D eigenvalue weighted by atomic mass is 32.1. The summed E-state index contributed by atoms with van der Waals surface area (Å²) in [6, 6.07) is 12.9. The molecule has 0 bridgehead atoms. The Morgan fingerprint density at radius 2 is 1.86 bits per heavy atom. The molecule has 0 radical (unpaired) electrons. The molecule has 2 aromatic carbocycles. The van der Waals surface area contributed by atoms with Crippen LogP contribution in [-0.4, -0.2) is 23.4 Å². The summed E-state index contributed by atoms with van der Waals surface area (Å²) in [6.45, 7) is 5.88. The van der Waals surface area contributed by atoms with E-state index in [1.54, 1.807) is 17.5 Å². The van der Waals surface area contributed by atoms with E-state index in [1.807, 2.05) is 44.2 Å². The highest BCUT2D eigenvalue weighted by Gasteiger charge is 2.13. The van der Waals surface area contributed by atoms with E-state index in [1.165, 1.54) is 18.3 Å². The minimum Gasteiger partial charge on any atom is -0.494 e. The Morgan fingerprint density at radius 1 is 1.11 bits per heavy atom. The highest BCUT2D eigenvalue weighted by molar-refractivity contribution is 7.13. The fourth-order valence-electron chi connectivity index (χ4n) is 2.64. The zero-order chi connectivity index (χ0) is 20.1. The van der Waals surface area contributed by atoms with Gasteiger partial charge in [0.25, 0.3) is 5.91 Å². The fraction of sp³-hybridized carbons (Fsp3) is 0.190. The second-order valence-corrected chi connectivity index (χ2v) is 7.02. The van der Waals surface area contributed by atoms with E-state index >= 15 is 0 Å². The van der Waals surface area contributed by atoms with E-state index in [2.05, 4.69) is 15.6 Å². The van der Waals surface area contributed by atoms with Crippen molar-refractivity contribution in [3.05, 3.63) is 59.1 Å². The van der Waals surface area contributed by atoms with Crippen LogP contribution in [0, 0.1) is 6.92 Å². The molecule has 1 heterocycles. The predicted octanol–water partition coefficient (Wildman–Crippen LogP) is 4.73. The third-order valence-corrected chi connectivity index (χ3v) is 4.84. The maximum Gasteiger partial charge on any atom is 0.275 e. The minimum atomic E-state index is -0.278. The number of carbonyl (C=O) groups is 2. The lowest BCUT2D eigenvalue weighted by molar-refractivity contribution is -0.114. The van der Waals surface area contributed by atoms with E-state index in [0.717, 1.165) is 27.6 Å². The van der Waals surface area contributed by atoms with Gasteiger partial charge in [0.05, 0.1) is 6.61 Å². The maximum atomic E-state index is 12.5. The average molecular weight is 395 g/mol. The fourth-order valence-corrected chi connectivity index (χ4v) is 3.44. The number of amides is 2. The summed E-state index contributed by atoms with van der Waals surface area (Å²) in [5, 5.41) is 8.09. The number of carbonyl (C=O) groups excluding carboxylic acids is 2. The minimum absolute atomic E-state index is 0.135. The van der Waals surface area contributed by atoms with Gasteiger partial charge in [-0.1, -0.05) is 0 Å². The summed E-state index contributed by atoms with van der Waals surface area (Å²) in [6.07, 6.45) is 0. The topological polar surface area (TPSA) is 80.3 Å². The monoisotopic (exact) mass is 395 g/mol. The van der Waals surface area contributed by atoms with Crippen molar-refractivity contribution in [2.24, 2.45) is 0 Å². The van der Waals surface area contributed by atoms with Gasteiger partial charge in [0, 0.05) is 29.2 Å². The van der Waals surface area contributed by atoms with Crippen molar-refractivity contribution in [1.82, 2.24) is 4.98 Å². The molecule has 0 atom stereocenters. The molecule has 1 aromatic heterocycles. The second kappa shape index (κ2) is 8.67. The van der Waals surface area contributed by atoms with Gasteiger partial charge in [-0.15, -0.1) is 11.3 Å². The maximum absolute atomic E-state index is 12.5. The lowest BCUT2D eigenvalue weighted by Crippen LogP contribution is -2.13. The molecule has 2 N–H and O–H groups in total. The third-order valence-electron chi connectivity index (χ3n) is 3.94. The van der Waals surface area contributed by atoms with E-state index in [9.17, 15) is 9.59 Å². The molecule has 28 heavy (non-hydrogen) atoms. The number of nitrogens with zero attached hydrogens (tertiary/aromatic N) is 1. The summed E-state index contributed by atoms with van der Waals surface area (Å²) in [5.74, 6) is 0.392. The van der Waals surface area contributed by atoms with Crippen molar-refractivity contribution in [3.63, 3.8) is 0 Å². The Bertz CT molecular complexity index is 996. The smallest absolute Gasteiger partial charge is 0.275 e. The van der Waals surface area contributed by atoms with Crippen LogP contribution in [0.15, 0.2) is 47.8 Å². The Balaban J connectivity index is 1.70. The number of thiazole rings is 1. The molecule has 7 heteroatoms. The number of hydrogen-bond donors (Lipinski definition) is 2. The number of nitrogens with one attached hydrogen (secondary N) is 2. The summed E-state index contributed by atoms with van der Waals surface area (Å²) in [5.41, 5.74) is 3.52. The predicted molar refractivity (Wildman–Crippen MR) is 112 cm³/mol. The van der Waals surface area contributed by atoms with Gasteiger partial charge in [-0.05, 0) is 61.9 Å². The van der Waals surface area contributed by atoms with Crippen molar-refractivity contribution >= 4 is 34.5 Å². The first-order valence-corrected chi connectivity index (χ1v) is 9.72. The number of aryl methyl sites for hydroxylation is 1. The van der Waals surface area contributed by atoms with Crippen molar-refractivity contribution in [2.45, 2.75) is 20.8 Å². The summed E-state index contributed by atoms with van der Waals surface area (Å²) in [7, 11) is 0. The molecule has 0 saturated heterocycles. The van der Waals surface area contributed by atoms with Gasteiger partial charge >= 0.3 is 0 Å². The van der Waals surface area contributed by atoms with Crippen LogP contribution in [0.25, 0.3) is 10.6 Å². The Kier molecular flexibility index (Phi) is 6.06. The highest BCUT2D eigenvalue weighted by Crippen LogP contribution is 2.26. The first-order valence-electron chi connectivity index (χ1n) is 8.84. The van der Waals surface area contributed by atoms with E-state index < -0.39 is 0 Å². The summed E-state index contributed by atoms with van der Waals surface area (Å²) in [4.78, 5) is 28.1. The summed E-state index contributed by atoms with van der Waals surface area (Å²) >= 11 is 1.41. The van der Waals surface area contributed by atoms with Crippen LogP contribution < -0.4 is 15.4 Å². The van der Waals surface area contributed by atoms with Crippen LogP contribution in [0.2, 0.25) is 0 Å². The molecule has 6 nitrogen and oxygen atoms in total. The van der Waals surface area contributed by atoms with Gasteiger partial charge in [-0.25, -0.2) is 4.98 Å². The van der Waals surface area contributed by atoms with Crippen molar-refractivity contribution in [2.75, 3.05) is 17.2 Å². The van der Waals surface area contributed by atoms with Crippen molar-refractivity contribution < 1.29 is 14.3 Å². The number of rotatable bonds is 6. The molecule has 0 fully saturated rings. The van der Waals surface area contributed by atoms with Crippen molar-refractivity contribution in [1.29, 1.82) is 0 Å². The zero-order valence-electron chi connectivity index (χ0n) is 15.9. The van der Waals surface area contributed by atoms with Crippen LogP contribution in [0.4, 0.5) is 11.4 Å². The lowest BCUT2D eigenvalue weighted by Gasteiger charge is -2.09. The van der Waals surface area contributed by atoms with Gasteiger partial charge in [0.15, 0.2) is 0 Å². The molecule has 0 aliphatic carbocycles. The number of hydrogen-bond acceptors (Lipinski definition) is 5. The second-order valence-electron chi connectivity index (χ2n) is 6.16. The van der Waals surface area contributed by atoms with Crippen LogP contribution in [0.1, 0.15) is 29.9 Å². The van der Waals surface area contributed by atoms with Crippen LogP contribution in [0.5, 0.6) is 5.75 Å². The van der Waals surface area contributed by atoms with E-state index in [-0.39, 0.29) is 11.8 Å². The average Bonchev–Trinajstić information content (AvgIpc) is 3.15.